The minimum absolute atomic E-state index is 0. The normalized spacial score (nSPS) is 17.3. The van der Waals surface area contributed by atoms with Crippen LogP contribution in [0.2, 0.25) is 0 Å². The summed E-state index contributed by atoms with van der Waals surface area (Å²) in [5, 5.41) is 18.6. The van der Waals surface area contributed by atoms with Gasteiger partial charge in [0, 0.05) is 5.69 Å². The van der Waals surface area contributed by atoms with Crippen molar-refractivity contribution in [3.8, 4) is 11.5 Å². The molecule has 1 heterocycles. The minimum atomic E-state index is -0.00218. The Morgan fingerprint density at radius 1 is 0.900 bits per heavy atom. The van der Waals surface area contributed by atoms with Gasteiger partial charge >= 0.3 is 0 Å². The zero-order valence-corrected chi connectivity index (χ0v) is 10.2. The van der Waals surface area contributed by atoms with Gasteiger partial charge in [-0.15, -0.1) is 0 Å². The second-order valence-corrected chi connectivity index (χ2v) is 4.59. The van der Waals surface area contributed by atoms with E-state index in [0.717, 1.165) is 11.3 Å². The summed E-state index contributed by atoms with van der Waals surface area (Å²) in [6.07, 6.45) is 0.464. The Morgan fingerprint density at radius 3 is 1.90 bits per heavy atom. The highest BCUT2D eigenvalue weighted by Crippen LogP contribution is 2.39. The molecule has 1 unspecified atom stereocenters. The molecule has 0 aliphatic carbocycles. The Morgan fingerprint density at radius 2 is 1.40 bits per heavy atom. The van der Waals surface area contributed by atoms with Gasteiger partial charge in [0.1, 0.15) is 11.5 Å². The fraction of sp³-hybridized carbons (Fsp3) is 0.188. The number of hydrogen-bond donors (Lipinski definition) is 2. The molecule has 1 fully saturated rings. The number of amides is 1. The first-order valence-corrected chi connectivity index (χ1v) is 6.05. The van der Waals surface area contributed by atoms with Crippen molar-refractivity contribution < 1.29 is 15.0 Å². The molecule has 3 rings (SSSR count). The quantitative estimate of drug-likeness (QED) is 0.824. The lowest BCUT2D eigenvalue weighted by Crippen LogP contribution is -2.46. The number of anilines is 1. The maximum absolute atomic E-state index is 11.8. The van der Waals surface area contributed by atoms with Gasteiger partial charge in [-0.2, -0.15) is 0 Å². The van der Waals surface area contributed by atoms with Crippen molar-refractivity contribution >= 4 is 11.6 Å². The molecule has 0 aromatic heterocycles. The van der Waals surface area contributed by atoms with Gasteiger partial charge in [0.2, 0.25) is 5.91 Å². The summed E-state index contributed by atoms with van der Waals surface area (Å²) in [5.74, 6) is 0.451. The molecule has 1 saturated heterocycles. The standard InChI is InChI=1S/C15H13NO3.CH4/c17-12-5-1-10(2-6-12)14-9-15(19)16(14)11-3-7-13(18)8-4-11;/h1-8,14,17-18H,9H2;1H4. The molecular formula is C16H17NO3. The van der Waals surface area contributed by atoms with E-state index in [9.17, 15) is 15.0 Å². The van der Waals surface area contributed by atoms with Crippen LogP contribution in [0.15, 0.2) is 48.5 Å². The van der Waals surface area contributed by atoms with Gasteiger partial charge in [-0.3, -0.25) is 4.79 Å². The molecule has 1 aliphatic heterocycles. The Balaban J connectivity index is 0.00000147. The maximum atomic E-state index is 11.8. The molecule has 1 atom stereocenters. The summed E-state index contributed by atoms with van der Waals surface area (Å²) in [4.78, 5) is 13.5. The zero-order valence-electron chi connectivity index (χ0n) is 10.2. The molecule has 2 aromatic rings. The van der Waals surface area contributed by atoms with E-state index in [2.05, 4.69) is 0 Å². The lowest BCUT2D eigenvalue weighted by molar-refractivity contribution is -0.124. The third-order valence-corrected chi connectivity index (χ3v) is 3.35. The lowest BCUT2D eigenvalue weighted by Gasteiger charge is -2.40. The van der Waals surface area contributed by atoms with E-state index < -0.39 is 0 Å². The van der Waals surface area contributed by atoms with E-state index in [0.29, 0.717) is 6.42 Å². The Bertz CT molecular complexity index is 605. The van der Waals surface area contributed by atoms with E-state index in [1.54, 1.807) is 41.3 Å². The fourth-order valence-electron chi connectivity index (χ4n) is 2.32. The molecule has 4 nitrogen and oxygen atoms in total. The van der Waals surface area contributed by atoms with Crippen molar-refractivity contribution in [2.45, 2.75) is 19.9 Å². The first-order chi connectivity index (χ1) is 9.15. The van der Waals surface area contributed by atoms with Crippen LogP contribution in [0.4, 0.5) is 5.69 Å². The van der Waals surface area contributed by atoms with E-state index >= 15 is 0 Å². The van der Waals surface area contributed by atoms with Gasteiger partial charge < -0.3 is 15.1 Å². The first-order valence-electron chi connectivity index (χ1n) is 6.05. The smallest absolute Gasteiger partial charge is 0.230 e. The van der Waals surface area contributed by atoms with Crippen LogP contribution in [0.3, 0.4) is 0 Å². The number of phenols is 2. The highest BCUT2D eigenvalue weighted by molar-refractivity contribution is 6.01. The van der Waals surface area contributed by atoms with Gasteiger partial charge in [0.15, 0.2) is 0 Å². The number of hydrogen-bond acceptors (Lipinski definition) is 3. The van der Waals surface area contributed by atoms with E-state index in [-0.39, 0.29) is 30.9 Å². The monoisotopic (exact) mass is 271 g/mol. The molecule has 0 saturated carbocycles. The predicted octanol–water partition coefficient (Wildman–Crippen LogP) is 3.21. The lowest BCUT2D eigenvalue weighted by atomic mass is 9.93. The summed E-state index contributed by atoms with van der Waals surface area (Å²) in [7, 11) is 0. The van der Waals surface area contributed by atoms with Crippen LogP contribution in [0.5, 0.6) is 11.5 Å². The van der Waals surface area contributed by atoms with Crippen LogP contribution >= 0.6 is 0 Å². The molecule has 0 radical (unpaired) electrons. The molecule has 0 bridgehead atoms. The van der Waals surface area contributed by atoms with Crippen LogP contribution in [-0.4, -0.2) is 16.1 Å². The van der Waals surface area contributed by atoms with E-state index in [4.69, 9.17) is 0 Å². The molecule has 1 amide bonds. The third kappa shape index (κ3) is 2.32. The third-order valence-electron chi connectivity index (χ3n) is 3.35. The number of aromatic hydroxyl groups is 2. The summed E-state index contributed by atoms with van der Waals surface area (Å²) >= 11 is 0. The number of β-lactam (4-membered cyclic amide) rings is 1. The molecular weight excluding hydrogens is 254 g/mol. The van der Waals surface area contributed by atoms with Crippen LogP contribution in [0.1, 0.15) is 25.5 Å². The summed E-state index contributed by atoms with van der Waals surface area (Å²) in [6.45, 7) is 0. The van der Waals surface area contributed by atoms with Crippen LogP contribution in [0, 0.1) is 0 Å². The maximum Gasteiger partial charge on any atom is 0.230 e. The second kappa shape index (κ2) is 5.25. The summed E-state index contributed by atoms with van der Waals surface area (Å²) in [6, 6.07) is 13.4. The zero-order chi connectivity index (χ0) is 13.4. The van der Waals surface area contributed by atoms with Gasteiger partial charge in [0.05, 0.1) is 12.5 Å². The van der Waals surface area contributed by atoms with Gasteiger partial charge in [-0.25, -0.2) is 0 Å². The van der Waals surface area contributed by atoms with Crippen molar-refractivity contribution in [1.29, 1.82) is 0 Å². The Labute approximate surface area is 117 Å². The predicted molar refractivity (Wildman–Crippen MR) is 77.8 cm³/mol. The van der Waals surface area contributed by atoms with Crippen molar-refractivity contribution in [3.63, 3.8) is 0 Å². The molecule has 2 N–H and O–H groups in total. The minimum Gasteiger partial charge on any atom is -0.508 e. The average Bonchev–Trinajstić information content (AvgIpc) is 2.40. The molecule has 1 aliphatic rings. The Hall–Kier alpha value is -2.49. The van der Waals surface area contributed by atoms with Crippen LogP contribution in [0.25, 0.3) is 0 Å². The Kier molecular flexibility index (Phi) is 3.66. The summed E-state index contributed by atoms with van der Waals surface area (Å²) in [5.41, 5.74) is 1.76. The van der Waals surface area contributed by atoms with Crippen molar-refractivity contribution in [2.75, 3.05) is 4.90 Å². The number of phenolic OH excluding ortho intramolecular Hbond substituents is 2. The number of carbonyl (C=O) groups excluding carboxylic acids is 1. The van der Waals surface area contributed by atoms with Gasteiger partial charge in [-0.1, -0.05) is 19.6 Å². The number of rotatable bonds is 2. The highest BCUT2D eigenvalue weighted by Gasteiger charge is 2.38. The first kappa shape index (κ1) is 13.9. The number of benzene rings is 2. The van der Waals surface area contributed by atoms with Crippen LogP contribution < -0.4 is 4.90 Å². The van der Waals surface area contributed by atoms with Gasteiger partial charge in [-0.05, 0) is 42.0 Å². The molecule has 104 valence electrons. The molecule has 2 aromatic carbocycles. The second-order valence-electron chi connectivity index (χ2n) is 4.59. The van der Waals surface area contributed by atoms with E-state index in [1.807, 2.05) is 12.1 Å². The van der Waals surface area contributed by atoms with Crippen LogP contribution in [-0.2, 0) is 4.79 Å². The highest BCUT2D eigenvalue weighted by atomic mass is 16.3. The number of carbonyl (C=O) groups is 1. The average molecular weight is 271 g/mol. The van der Waals surface area contributed by atoms with Crippen molar-refractivity contribution in [3.05, 3.63) is 54.1 Å². The fourth-order valence-corrected chi connectivity index (χ4v) is 2.32. The number of nitrogens with zero attached hydrogens (tertiary/aromatic N) is 1. The largest absolute Gasteiger partial charge is 0.508 e. The van der Waals surface area contributed by atoms with Gasteiger partial charge in [0.25, 0.3) is 0 Å². The van der Waals surface area contributed by atoms with Crippen molar-refractivity contribution in [1.82, 2.24) is 0 Å². The summed E-state index contributed by atoms with van der Waals surface area (Å²) < 4.78 is 0. The molecule has 0 spiro atoms. The van der Waals surface area contributed by atoms with E-state index in [1.165, 1.54) is 0 Å². The topological polar surface area (TPSA) is 60.8 Å². The molecule has 20 heavy (non-hydrogen) atoms. The molecule has 4 heteroatoms. The SMILES string of the molecule is C.O=C1CC(c2ccc(O)cc2)N1c1ccc(O)cc1. The van der Waals surface area contributed by atoms with Crippen molar-refractivity contribution in [2.24, 2.45) is 0 Å².